The van der Waals surface area contributed by atoms with Crippen molar-refractivity contribution < 1.29 is 27.5 Å². The molecule has 0 aromatic rings. The van der Waals surface area contributed by atoms with Crippen molar-refractivity contribution in [3.8, 4) is 0 Å². The van der Waals surface area contributed by atoms with Crippen molar-refractivity contribution in [1.82, 2.24) is 5.32 Å². The molecule has 2 unspecified atom stereocenters. The second-order valence-corrected chi connectivity index (χ2v) is 3.97. The van der Waals surface area contributed by atoms with Crippen molar-refractivity contribution >= 4 is 5.91 Å². The molecule has 94 valence electrons. The first-order valence-electron chi connectivity index (χ1n) is 4.96. The van der Waals surface area contributed by atoms with Crippen LogP contribution in [0.25, 0.3) is 0 Å². The third-order valence-electron chi connectivity index (χ3n) is 2.64. The Bertz CT molecular complexity index is 260. The zero-order chi connectivity index (χ0) is 12.3. The van der Waals surface area contributed by atoms with E-state index in [1.807, 2.05) is 0 Å². The second-order valence-electron chi connectivity index (χ2n) is 3.97. The van der Waals surface area contributed by atoms with E-state index in [0.717, 1.165) is 0 Å². The fraction of sp³-hybridized carbons (Fsp3) is 0.889. The number of halogens is 4. The van der Waals surface area contributed by atoms with E-state index >= 15 is 0 Å². The molecule has 0 saturated heterocycles. The van der Waals surface area contributed by atoms with Crippen LogP contribution in [0.1, 0.15) is 19.3 Å². The van der Waals surface area contributed by atoms with Crippen LogP contribution in [0.4, 0.5) is 17.6 Å². The van der Waals surface area contributed by atoms with Crippen LogP contribution >= 0.6 is 0 Å². The lowest BCUT2D eigenvalue weighted by Gasteiger charge is -2.16. The van der Waals surface area contributed by atoms with Crippen molar-refractivity contribution in [1.29, 1.82) is 0 Å². The standard InChI is InChI=1S/C9H13F4NO2/c10-7(11)9(12,13)8(16)14-4-5-1-2-6(15)3-5/h5-7,15H,1-4H2,(H,14,16). The number of aliphatic hydroxyl groups is 1. The van der Waals surface area contributed by atoms with E-state index in [0.29, 0.717) is 19.3 Å². The Morgan fingerprint density at radius 3 is 2.50 bits per heavy atom. The number of carbonyl (C=O) groups excluding carboxylic acids is 1. The molecule has 1 aliphatic carbocycles. The molecule has 0 aliphatic heterocycles. The van der Waals surface area contributed by atoms with Gasteiger partial charge in [-0.1, -0.05) is 0 Å². The van der Waals surface area contributed by atoms with Crippen LogP contribution in [0.5, 0.6) is 0 Å². The number of hydrogen-bond donors (Lipinski definition) is 2. The van der Waals surface area contributed by atoms with Gasteiger partial charge in [-0.2, -0.15) is 8.78 Å². The quantitative estimate of drug-likeness (QED) is 0.728. The van der Waals surface area contributed by atoms with Gasteiger partial charge in [-0.05, 0) is 25.2 Å². The summed E-state index contributed by atoms with van der Waals surface area (Å²) in [6.45, 7) is -0.0990. The lowest BCUT2D eigenvalue weighted by molar-refractivity contribution is -0.169. The highest BCUT2D eigenvalue weighted by Gasteiger charge is 2.48. The summed E-state index contributed by atoms with van der Waals surface area (Å²) in [7, 11) is 0. The molecule has 0 spiro atoms. The van der Waals surface area contributed by atoms with Gasteiger partial charge in [0.05, 0.1) is 6.10 Å². The number of amides is 1. The topological polar surface area (TPSA) is 49.3 Å². The van der Waals surface area contributed by atoms with E-state index in [-0.39, 0.29) is 12.5 Å². The molecule has 1 aliphatic rings. The molecule has 0 heterocycles. The fourth-order valence-corrected chi connectivity index (χ4v) is 1.69. The zero-order valence-electron chi connectivity index (χ0n) is 8.43. The minimum Gasteiger partial charge on any atom is -0.393 e. The van der Waals surface area contributed by atoms with Gasteiger partial charge >= 0.3 is 12.3 Å². The number of carbonyl (C=O) groups is 1. The summed E-state index contributed by atoms with van der Waals surface area (Å²) in [5, 5.41) is 10.9. The van der Waals surface area contributed by atoms with Gasteiger partial charge in [0.2, 0.25) is 0 Å². The van der Waals surface area contributed by atoms with E-state index in [2.05, 4.69) is 0 Å². The summed E-state index contributed by atoms with van der Waals surface area (Å²) in [6.07, 6.45) is -2.94. The van der Waals surface area contributed by atoms with Gasteiger partial charge in [-0.3, -0.25) is 4.79 Å². The smallest absolute Gasteiger partial charge is 0.383 e. The summed E-state index contributed by atoms with van der Waals surface area (Å²) in [6, 6.07) is 0. The molecule has 1 saturated carbocycles. The molecule has 3 nitrogen and oxygen atoms in total. The summed E-state index contributed by atoms with van der Waals surface area (Å²) < 4.78 is 48.5. The highest BCUT2D eigenvalue weighted by molar-refractivity contribution is 5.83. The molecule has 0 aromatic heterocycles. The monoisotopic (exact) mass is 243 g/mol. The summed E-state index contributed by atoms with van der Waals surface area (Å²) in [4.78, 5) is 10.7. The SMILES string of the molecule is O=C(NCC1CCC(O)C1)C(F)(F)C(F)F. The van der Waals surface area contributed by atoms with Crippen LogP contribution in [-0.4, -0.2) is 36.0 Å². The first kappa shape index (κ1) is 13.2. The minimum absolute atomic E-state index is 0.0990. The predicted octanol–water partition coefficient (Wildman–Crippen LogP) is 1.16. The maximum absolute atomic E-state index is 12.5. The van der Waals surface area contributed by atoms with Crippen LogP contribution in [-0.2, 0) is 4.79 Å². The molecule has 1 amide bonds. The molecule has 0 aromatic carbocycles. The maximum atomic E-state index is 12.5. The van der Waals surface area contributed by atoms with Crippen molar-refractivity contribution in [3.05, 3.63) is 0 Å². The van der Waals surface area contributed by atoms with Crippen LogP contribution in [0.2, 0.25) is 0 Å². The molecule has 16 heavy (non-hydrogen) atoms. The molecule has 7 heteroatoms. The van der Waals surface area contributed by atoms with Gasteiger partial charge < -0.3 is 10.4 Å². The Morgan fingerprint density at radius 1 is 1.44 bits per heavy atom. The number of rotatable bonds is 4. The van der Waals surface area contributed by atoms with Crippen LogP contribution in [0.15, 0.2) is 0 Å². The van der Waals surface area contributed by atoms with Gasteiger partial charge in [0.1, 0.15) is 0 Å². The molecule has 1 rings (SSSR count). The zero-order valence-corrected chi connectivity index (χ0v) is 8.43. The molecule has 0 radical (unpaired) electrons. The average Bonchev–Trinajstić information content (AvgIpc) is 2.60. The Kier molecular flexibility index (Phi) is 4.12. The highest BCUT2D eigenvalue weighted by atomic mass is 19.3. The summed E-state index contributed by atoms with van der Waals surface area (Å²) in [5.41, 5.74) is 0. The van der Waals surface area contributed by atoms with E-state index in [1.165, 1.54) is 0 Å². The highest BCUT2D eigenvalue weighted by Crippen LogP contribution is 2.26. The lowest BCUT2D eigenvalue weighted by Crippen LogP contribution is -2.46. The van der Waals surface area contributed by atoms with Gasteiger partial charge in [0.25, 0.3) is 5.91 Å². The van der Waals surface area contributed by atoms with E-state index < -0.39 is 24.4 Å². The second kappa shape index (κ2) is 4.99. The first-order chi connectivity index (χ1) is 7.34. The number of nitrogens with one attached hydrogen (secondary N) is 1. The number of aliphatic hydroxyl groups excluding tert-OH is 1. The third kappa shape index (κ3) is 3.07. The van der Waals surface area contributed by atoms with Gasteiger partial charge in [-0.15, -0.1) is 0 Å². The van der Waals surface area contributed by atoms with Crippen LogP contribution in [0, 0.1) is 5.92 Å². The van der Waals surface area contributed by atoms with Crippen molar-refractivity contribution in [3.63, 3.8) is 0 Å². The molecule has 0 bridgehead atoms. The predicted molar refractivity (Wildman–Crippen MR) is 47.3 cm³/mol. The number of alkyl halides is 4. The lowest BCUT2D eigenvalue weighted by atomic mass is 10.1. The van der Waals surface area contributed by atoms with Crippen molar-refractivity contribution in [2.75, 3.05) is 6.54 Å². The molecule has 2 N–H and O–H groups in total. The van der Waals surface area contributed by atoms with E-state index in [9.17, 15) is 22.4 Å². The summed E-state index contributed by atoms with van der Waals surface area (Å²) >= 11 is 0. The Morgan fingerprint density at radius 2 is 2.06 bits per heavy atom. The van der Waals surface area contributed by atoms with Crippen LogP contribution in [0.3, 0.4) is 0 Å². The number of hydrogen-bond acceptors (Lipinski definition) is 2. The Hall–Kier alpha value is -0.850. The largest absolute Gasteiger partial charge is 0.393 e. The third-order valence-corrected chi connectivity index (χ3v) is 2.64. The normalized spacial score (nSPS) is 26.1. The molecular formula is C9H13F4NO2. The van der Waals surface area contributed by atoms with Gasteiger partial charge in [0, 0.05) is 6.54 Å². The van der Waals surface area contributed by atoms with Crippen molar-refractivity contribution in [2.24, 2.45) is 5.92 Å². The summed E-state index contributed by atoms with van der Waals surface area (Å²) in [5.74, 6) is -6.71. The van der Waals surface area contributed by atoms with E-state index in [1.54, 1.807) is 5.32 Å². The Balaban J connectivity index is 2.35. The molecular weight excluding hydrogens is 230 g/mol. The van der Waals surface area contributed by atoms with Crippen molar-refractivity contribution in [2.45, 2.75) is 37.7 Å². The van der Waals surface area contributed by atoms with E-state index in [4.69, 9.17) is 5.11 Å². The van der Waals surface area contributed by atoms with Gasteiger partial charge in [0.15, 0.2) is 0 Å². The first-order valence-corrected chi connectivity index (χ1v) is 4.96. The van der Waals surface area contributed by atoms with Crippen LogP contribution < -0.4 is 5.32 Å². The minimum atomic E-state index is -4.64. The molecule has 1 fully saturated rings. The molecule has 2 atom stereocenters. The fourth-order valence-electron chi connectivity index (χ4n) is 1.69. The Labute approximate surface area is 89.8 Å². The average molecular weight is 243 g/mol. The maximum Gasteiger partial charge on any atom is 0.383 e. The van der Waals surface area contributed by atoms with Gasteiger partial charge in [-0.25, -0.2) is 8.78 Å².